The van der Waals surface area contributed by atoms with Crippen molar-refractivity contribution in [3.05, 3.63) is 71.8 Å². The van der Waals surface area contributed by atoms with Crippen LogP contribution < -0.4 is 5.32 Å². The van der Waals surface area contributed by atoms with Gasteiger partial charge in [-0.15, -0.1) is 0 Å². The lowest BCUT2D eigenvalue weighted by molar-refractivity contribution is -0.137. The number of cyclic esters (lactones) is 1. The molecule has 3 unspecified atom stereocenters. The Kier molecular flexibility index (Phi) is 8.09. The molecule has 3 amide bonds. The van der Waals surface area contributed by atoms with Gasteiger partial charge in [0.05, 0.1) is 18.1 Å². The van der Waals surface area contributed by atoms with Gasteiger partial charge in [0.15, 0.2) is 5.60 Å². The Morgan fingerprint density at radius 1 is 1.03 bits per heavy atom. The summed E-state index contributed by atoms with van der Waals surface area (Å²) in [4.78, 5) is 40.6. The van der Waals surface area contributed by atoms with E-state index in [2.05, 4.69) is 5.32 Å². The Bertz CT molecular complexity index is 1020. The SMILES string of the molecule is CC(C)C1N(C(=O)C(CNC(=O)OC(C)(C)C)C(C)O)C(=O)OC1(c1ccccc1)c1ccccc1. The molecule has 3 rings (SSSR count). The number of hydrogen-bond donors (Lipinski definition) is 2. The van der Waals surface area contributed by atoms with Gasteiger partial charge < -0.3 is 19.9 Å². The van der Waals surface area contributed by atoms with Gasteiger partial charge in [0.25, 0.3) is 0 Å². The van der Waals surface area contributed by atoms with Crippen molar-refractivity contribution in [2.75, 3.05) is 6.54 Å². The van der Waals surface area contributed by atoms with Crippen LogP contribution in [0.15, 0.2) is 60.7 Å². The highest BCUT2D eigenvalue weighted by Gasteiger charge is 2.60. The molecule has 8 nitrogen and oxygen atoms in total. The molecule has 194 valence electrons. The first-order valence-electron chi connectivity index (χ1n) is 12.2. The standard InChI is InChI=1S/C28H36N2O6/c1-18(2)23-28(20-13-9-7-10-14-20,21-15-11-8-12-16-21)36-26(34)30(23)24(32)22(19(3)31)17-29-25(33)35-27(4,5)6/h7-16,18-19,22-23,31H,17H2,1-6H3,(H,29,33). The lowest BCUT2D eigenvalue weighted by Crippen LogP contribution is -2.54. The molecule has 3 atom stereocenters. The molecule has 0 spiro atoms. The van der Waals surface area contributed by atoms with Gasteiger partial charge in [-0.1, -0.05) is 74.5 Å². The molecule has 36 heavy (non-hydrogen) atoms. The minimum absolute atomic E-state index is 0.200. The summed E-state index contributed by atoms with van der Waals surface area (Å²) in [5.74, 6) is -1.92. The molecular weight excluding hydrogens is 460 g/mol. The van der Waals surface area contributed by atoms with Gasteiger partial charge in [-0.05, 0) is 33.6 Å². The quantitative estimate of drug-likeness (QED) is 0.587. The third-order valence-electron chi connectivity index (χ3n) is 6.18. The number of hydrogen-bond acceptors (Lipinski definition) is 6. The minimum Gasteiger partial charge on any atom is -0.444 e. The van der Waals surface area contributed by atoms with Gasteiger partial charge in [-0.2, -0.15) is 0 Å². The van der Waals surface area contributed by atoms with Crippen LogP contribution in [0.3, 0.4) is 0 Å². The van der Waals surface area contributed by atoms with Gasteiger partial charge in [0, 0.05) is 17.7 Å². The van der Waals surface area contributed by atoms with E-state index in [0.717, 1.165) is 16.0 Å². The molecule has 0 bridgehead atoms. The fourth-order valence-corrected chi connectivity index (χ4v) is 4.69. The van der Waals surface area contributed by atoms with Crippen LogP contribution in [0.5, 0.6) is 0 Å². The average molecular weight is 497 g/mol. The number of carbonyl (C=O) groups excluding carboxylic acids is 3. The number of benzene rings is 2. The zero-order chi connectivity index (χ0) is 26.7. The predicted molar refractivity (Wildman–Crippen MR) is 135 cm³/mol. The second-order valence-corrected chi connectivity index (χ2v) is 10.5. The number of alkyl carbamates (subject to hydrolysis) is 1. The van der Waals surface area contributed by atoms with Crippen molar-refractivity contribution in [2.24, 2.45) is 11.8 Å². The van der Waals surface area contributed by atoms with E-state index in [4.69, 9.17) is 9.47 Å². The number of rotatable bonds is 7. The molecule has 2 N–H and O–H groups in total. The third kappa shape index (κ3) is 5.54. The lowest BCUT2D eigenvalue weighted by atomic mass is 9.75. The van der Waals surface area contributed by atoms with Gasteiger partial charge in [-0.25, -0.2) is 14.5 Å². The van der Waals surface area contributed by atoms with E-state index >= 15 is 0 Å². The maximum Gasteiger partial charge on any atom is 0.418 e. The van der Waals surface area contributed by atoms with Crippen molar-refractivity contribution >= 4 is 18.1 Å². The normalized spacial score (nSPS) is 18.9. The highest BCUT2D eigenvalue weighted by molar-refractivity contribution is 5.96. The van der Waals surface area contributed by atoms with E-state index in [0.29, 0.717) is 0 Å². The fraction of sp³-hybridized carbons (Fsp3) is 0.464. The maximum atomic E-state index is 13.8. The first kappa shape index (κ1) is 27.2. The van der Waals surface area contributed by atoms with Crippen LogP contribution in [0.1, 0.15) is 52.7 Å². The Hall–Kier alpha value is -3.39. The smallest absolute Gasteiger partial charge is 0.418 e. The van der Waals surface area contributed by atoms with Gasteiger partial charge in [0.1, 0.15) is 5.60 Å². The van der Waals surface area contributed by atoms with Gasteiger partial charge >= 0.3 is 12.2 Å². The number of ether oxygens (including phenoxy) is 2. The van der Waals surface area contributed by atoms with E-state index in [9.17, 15) is 19.5 Å². The molecule has 1 heterocycles. The number of aliphatic hydroxyl groups is 1. The van der Waals surface area contributed by atoms with Crippen LogP contribution in [-0.4, -0.2) is 52.4 Å². The zero-order valence-electron chi connectivity index (χ0n) is 21.7. The number of nitrogens with one attached hydrogen (secondary N) is 1. The Morgan fingerprint density at radius 3 is 1.94 bits per heavy atom. The molecule has 0 aromatic heterocycles. The number of aliphatic hydroxyl groups excluding tert-OH is 1. The van der Waals surface area contributed by atoms with Crippen molar-refractivity contribution in [2.45, 2.75) is 64.9 Å². The van der Waals surface area contributed by atoms with Crippen LogP contribution in [-0.2, 0) is 19.9 Å². The van der Waals surface area contributed by atoms with Gasteiger partial charge in [-0.3, -0.25) is 4.79 Å². The number of carbonyl (C=O) groups is 3. The molecule has 0 radical (unpaired) electrons. The van der Waals surface area contributed by atoms with E-state index < -0.39 is 47.4 Å². The molecule has 1 fully saturated rings. The maximum absolute atomic E-state index is 13.8. The second-order valence-electron chi connectivity index (χ2n) is 10.5. The molecular formula is C28H36N2O6. The molecule has 1 aliphatic heterocycles. The molecule has 8 heteroatoms. The number of amides is 3. The fourth-order valence-electron chi connectivity index (χ4n) is 4.69. The summed E-state index contributed by atoms with van der Waals surface area (Å²) < 4.78 is 11.4. The molecule has 2 aromatic rings. The first-order valence-corrected chi connectivity index (χ1v) is 12.2. The Morgan fingerprint density at radius 2 is 1.53 bits per heavy atom. The summed E-state index contributed by atoms with van der Waals surface area (Å²) in [6.45, 7) is 10.3. The van der Waals surface area contributed by atoms with Crippen LogP contribution in [0.25, 0.3) is 0 Å². The van der Waals surface area contributed by atoms with Crippen molar-refractivity contribution in [1.29, 1.82) is 0 Å². The van der Waals surface area contributed by atoms with Crippen LogP contribution in [0.4, 0.5) is 9.59 Å². The zero-order valence-corrected chi connectivity index (χ0v) is 21.7. The van der Waals surface area contributed by atoms with E-state index in [1.165, 1.54) is 6.92 Å². The van der Waals surface area contributed by atoms with E-state index in [1.807, 2.05) is 74.5 Å². The van der Waals surface area contributed by atoms with Crippen molar-refractivity contribution in [3.8, 4) is 0 Å². The number of imide groups is 1. The van der Waals surface area contributed by atoms with Crippen molar-refractivity contribution in [3.63, 3.8) is 0 Å². The van der Waals surface area contributed by atoms with Crippen LogP contribution >= 0.6 is 0 Å². The van der Waals surface area contributed by atoms with Crippen LogP contribution in [0, 0.1) is 11.8 Å². The van der Waals surface area contributed by atoms with Crippen molar-refractivity contribution < 1.29 is 29.0 Å². The molecule has 0 saturated carbocycles. The second kappa shape index (κ2) is 10.7. The van der Waals surface area contributed by atoms with Crippen LogP contribution in [0.2, 0.25) is 0 Å². The summed E-state index contributed by atoms with van der Waals surface area (Å²) in [6, 6.07) is 18.0. The Labute approximate surface area is 212 Å². The molecule has 0 aliphatic carbocycles. The predicted octanol–water partition coefficient (Wildman–Crippen LogP) is 4.46. The highest BCUT2D eigenvalue weighted by atomic mass is 16.6. The van der Waals surface area contributed by atoms with Crippen molar-refractivity contribution in [1.82, 2.24) is 10.2 Å². The molecule has 1 aliphatic rings. The monoisotopic (exact) mass is 496 g/mol. The molecule has 1 saturated heterocycles. The summed E-state index contributed by atoms with van der Waals surface area (Å²) >= 11 is 0. The minimum atomic E-state index is -1.24. The topological polar surface area (TPSA) is 105 Å². The van der Waals surface area contributed by atoms with E-state index in [1.54, 1.807) is 20.8 Å². The van der Waals surface area contributed by atoms with E-state index in [-0.39, 0.29) is 12.5 Å². The average Bonchev–Trinajstić information content (AvgIpc) is 3.13. The highest BCUT2D eigenvalue weighted by Crippen LogP contribution is 2.47. The Balaban J connectivity index is 2.02. The lowest BCUT2D eigenvalue weighted by Gasteiger charge is -2.38. The third-order valence-corrected chi connectivity index (χ3v) is 6.18. The summed E-state index contributed by atoms with van der Waals surface area (Å²) in [7, 11) is 0. The van der Waals surface area contributed by atoms with Gasteiger partial charge in [0.2, 0.25) is 5.91 Å². The summed E-state index contributed by atoms with van der Waals surface area (Å²) in [5.41, 5.74) is -0.496. The summed E-state index contributed by atoms with van der Waals surface area (Å²) in [6.07, 6.45) is -2.65. The largest absolute Gasteiger partial charge is 0.444 e. The molecule has 2 aromatic carbocycles. The number of nitrogens with zero attached hydrogens (tertiary/aromatic N) is 1. The first-order chi connectivity index (χ1) is 16.9. The summed E-state index contributed by atoms with van der Waals surface area (Å²) in [5, 5.41) is 13.0.